The van der Waals surface area contributed by atoms with Crippen LogP contribution in [-0.4, -0.2) is 77.7 Å². The number of carbonyl (C=O) groups excluding carboxylic acids is 3. The normalized spacial score (nSPS) is 26.0. The molecule has 2 saturated heterocycles. The van der Waals surface area contributed by atoms with Crippen LogP contribution in [0.5, 0.6) is 5.75 Å². The lowest BCUT2D eigenvalue weighted by atomic mass is 9.79. The molecule has 0 bridgehead atoms. The first-order valence-corrected chi connectivity index (χ1v) is 17.5. The fourth-order valence-corrected chi connectivity index (χ4v) is 7.76. The number of rotatable bonds is 14. The van der Waals surface area contributed by atoms with E-state index in [9.17, 15) is 14.4 Å². The Balaban J connectivity index is 0.993. The minimum atomic E-state index is -0.779. The molecule has 46 heavy (non-hydrogen) atoms. The van der Waals surface area contributed by atoms with Crippen molar-refractivity contribution in [3.05, 3.63) is 30.1 Å². The molecule has 250 valence electrons. The third-order valence-electron chi connectivity index (χ3n) is 10.8. The topological polar surface area (TPSA) is 120 Å². The molecular formula is C36H50N4O6. The third kappa shape index (κ3) is 7.16. The van der Waals surface area contributed by atoms with Crippen molar-refractivity contribution in [3.8, 4) is 5.75 Å². The minimum absolute atomic E-state index is 0.0863. The number of amides is 2. The molecule has 1 N–H and O–H groups in total. The molecule has 5 atom stereocenters. The van der Waals surface area contributed by atoms with Crippen LogP contribution in [0, 0.1) is 23.2 Å². The largest absolute Gasteiger partial charge is 0.497 e. The number of methoxy groups -OCH3 is 1. The Morgan fingerprint density at radius 3 is 2.61 bits per heavy atom. The molecule has 6 rings (SSSR count). The Bertz CT molecular complexity index is 1410. The Morgan fingerprint density at radius 1 is 1.07 bits per heavy atom. The lowest BCUT2D eigenvalue weighted by Crippen LogP contribution is -2.64. The summed E-state index contributed by atoms with van der Waals surface area (Å²) in [7, 11) is 1.65. The van der Waals surface area contributed by atoms with Gasteiger partial charge in [0.15, 0.2) is 5.78 Å². The number of likely N-dealkylation sites (tertiary alicyclic amines) is 1. The monoisotopic (exact) mass is 634 g/mol. The van der Waals surface area contributed by atoms with Crippen LogP contribution in [0.3, 0.4) is 0 Å². The summed E-state index contributed by atoms with van der Waals surface area (Å²) in [4.78, 5) is 51.8. The molecule has 0 radical (unpaired) electrons. The van der Waals surface area contributed by atoms with Gasteiger partial charge >= 0.3 is 6.09 Å². The number of nitrogens with zero attached hydrogens (tertiary/aromatic N) is 3. The summed E-state index contributed by atoms with van der Waals surface area (Å²) in [6.45, 7) is 5.40. The van der Waals surface area contributed by atoms with Crippen molar-refractivity contribution in [1.29, 1.82) is 0 Å². The van der Waals surface area contributed by atoms with Crippen LogP contribution in [0.4, 0.5) is 4.79 Å². The van der Waals surface area contributed by atoms with Gasteiger partial charge in [-0.05, 0) is 81.8 Å². The zero-order valence-corrected chi connectivity index (χ0v) is 27.7. The first-order valence-electron chi connectivity index (χ1n) is 17.5. The molecule has 3 heterocycles. The van der Waals surface area contributed by atoms with Crippen LogP contribution in [0.1, 0.15) is 90.2 Å². The van der Waals surface area contributed by atoms with Crippen LogP contribution < -0.4 is 10.1 Å². The van der Waals surface area contributed by atoms with E-state index in [0.29, 0.717) is 25.7 Å². The number of Topliss-reactive ketones (excluding diaryl/α,β-unsaturated/α-hetero) is 1. The van der Waals surface area contributed by atoms with E-state index in [0.717, 1.165) is 99.5 Å². The van der Waals surface area contributed by atoms with Gasteiger partial charge in [0.1, 0.15) is 17.9 Å². The van der Waals surface area contributed by atoms with Gasteiger partial charge in [0.05, 0.1) is 43.1 Å². The summed E-state index contributed by atoms with van der Waals surface area (Å²) in [6, 6.07) is 4.59. The second kappa shape index (κ2) is 14.2. The molecule has 1 aromatic heterocycles. The van der Waals surface area contributed by atoms with E-state index in [1.807, 2.05) is 31.3 Å². The van der Waals surface area contributed by atoms with Gasteiger partial charge in [-0.25, -0.2) is 9.78 Å². The highest BCUT2D eigenvalue weighted by Crippen LogP contribution is 2.40. The molecule has 2 aliphatic heterocycles. The Kier molecular flexibility index (Phi) is 10.1. The summed E-state index contributed by atoms with van der Waals surface area (Å²) < 4.78 is 16.8. The molecule has 10 nitrogen and oxygen atoms in total. The predicted octanol–water partition coefficient (Wildman–Crippen LogP) is 5.65. The first-order chi connectivity index (χ1) is 22.3. The second-order valence-corrected chi connectivity index (χ2v) is 14.3. The zero-order chi connectivity index (χ0) is 32.3. The molecule has 2 aromatic rings. The Hall–Kier alpha value is -3.27. The van der Waals surface area contributed by atoms with Crippen molar-refractivity contribution in [2.24, 2.45) is 23.2 Å². The van der Waals surface area contributed by atoms with Crippen molar-refractivity contribution in [3.63, 3.8) is 0 Å². The van der Waals surface area contributed by atoms with Crippen molar-refractivity contribution >= 4 is 28.8 Å². The molecule has 4 fully saturated rings. The Morgan fingerprint density at radius 2 is 1.89 bits per heavy atom. The number of carbonyl (C=O) groups is 3. The maximum atomic E-state index is 14.1. The maximum Gasteiger partial charge on any atom is 0.408 e. The number of benzene rings is 1. The molecular weight excluding hydrogens is 584 g/mol. The van der Waals surface area contributed by atoms with E-state index >= 15 is 0 Å². The first kappa shape index (κ1) is 32.7. The quantitative estimate of drug-likeness (QED) is 0.265. The van der Waals surface area contributed by atoms with Crippen LogP contribution in [0.15, 0.2) is 24.4 Å². The van der Waals surface area contributed by atoms with E-state index in [1.165, 1.54) is 0 Å². The van der Waals surface area contributed by atoms with Gasteiger partial charge in [0.2, 0.25) is 5.91 Å². The summed E-state index contributed by atoms with van der Waals surface area (Å²) >= 11 is 0. The van der Waals surface area contributed by atoms with Gasteiger partial charge in [0, 0.05) is 30.1 Å². The molecule has 4 aliphatic rings. The average molecular weight is 635 g/mol. The van der Waals surface area contributed by atoms with Crippen LogP contribution >= 0.6 is 0 Å². The summed E-state index contributed by atoms with van der Waals surface area (Å²) in [5.41, 5.74) is 2.18. The Labute approximate surface area is 272 Å². The number of hydrogen-bond acceptors (Lipinski definition) is 8. The number of aryl methyl sites for hydroxylation is 1. The SMILES string of the molecule is CC[C@@H]1CCN(C(=O)[C@@H](NC(=O)O[C@@H]2CCC[C@H]2CCCCCc2cnc3cc(OC)ccc3n2)C2(C)COC2)[C@@H]1C(=O)C1CC1. The highest BCUT2D eigenvalue weighted by molar-refractivity contribution is 5.95. The van der Waals surface area contributed by atoms with E-state index in [4.69, 9.17) is 19.2 Å². The minimum Gasteiger partial charge on any atom is -0.497 e. The van der Waals surface area contributed by atoms with Crippen LogP contribution in [0.2, 0.25) is 0 Å². The fraction of sp³-hybridized carbons (Fsp3) is 0.694. The number of hydrogen-bond donors (Lipinski definition) is 1. The zero-order valence-electron chi connectivity index (χ0n) is 27.7. The molecule has 2 saturated carbocycles. The molecule has 10 heteroatoms. The molecule has 2 aliphatic carbocycles. The third-order valence-corrected chi connectivity index (χ3v) is 10.8. The number of aromatic nitrogens is 2. The number of unbranched alkanes of at least 4 members (excludes halogenated alkanes) is 2. The molecule has 0 unspecified atom stereocenters. The highest BCUT2D eigenvalue weighted by Gasteiger charge is 2.52. The standard InChI is InChI=1S/C36H50N4O6/c1-4-23-17-18-40(31(23)32(41)25-13-14-25)34(42)33(36(2)21-45-22-36)39-35(43)46-30-12-8-10-24(30)9-6-5-7-11-26-20-37-29-19-27(44-3)15-16-28(29)38-26/h15-16,19-20,23-25,30-31,33H,4-14,17-18,21-22H2,1-3H3,(H,39,43)/t23-,24-,30-,31+,33-/m1/s1. The van der Waals surface area contributed by atoms with Gasteiger partial charge in [-0.2, -0.15) is 0 Å². The van der Waals surface area contributed by atoms with E-state index in [2.05, 4.69) is 17.2 Å². The van der Waals surface area contributed by atoms with Gasteiger partial charge in [0.25, 0.3) is 0 Å². The molecule has 0 spiro atoms. The van der Waals surface area contributed by atoms with E-state index in [1.54, 1.807) is 12.0 Å². The average Bonchev–Trinajstić information content (AvgIpc) is 3.67. The predicted molar refractivity (Wildman–Crippen MR) is 173 cm³/mol. The molecule has 2 amide bonds. The lowest BCUT2D eigenvalue weighted by Gasteiger charge is -2.45. The summed E-state index contributed by atoms with van der Waals surface area (Å²) in [6.07, 6.45) is 12.7. The van der Waals surface area contributed by atoms with Crippen LogP contribution in [0.25, 0.3) is 11.0 Å². The van der Waals surface area contributed by atoms with Gasteiger partial charge in [-0.3, -0.25) is 14.6 Å². The molecule has 1 aromatic carbocycles. The van der Waals surface area contributed by atoms with Crippen molar-refractivity contribution in [2.45, 2.75) is 109 Å². The van der Waals surface area contributed by atoms with Gasteiger partial charge in [-0.1, -0.05) is 33.1 Å². The number of ketones is 1. The fourth-order valence-electron chi connectivity index (χ4n) is 7.76. The van der Waals surface area contributed by atoms with Crippen LogP contribution in [-0.2, 0) is 25.5 Å². The number of alkyl carbamates (subject to hydrolysis) is 1. The number of nitrogens with one attached hydrogen (secondary N) is 1. The van der Waals surface area contributed by atoms with Crippen molar-refractivity contribution in [1.82, 2.24) is 20.2 Å². The maximum absolute atomic E-state index is 14.1. The van der Waals surface area contributed by atoms with Gasteiger partial charge < -0.3 is 24.4 Å². The summed E-state index contributed by atoms with van der Waals surface area (Å²) in [5.74, 6) is 1.40. The lowest BCUT2D eigenvalue weighted by molar-refractivity contribution is -0.158. The van der Waals surface area contributed by atoms with Crippen molar-refractivity contribution < 1.29 is 28.6 Å². The van der Waals surface area contributed by atoms with Gasteiger partial charge in [-0.15, -0.1) is 0 Å². The van der Waals surface area contributed by atoms with Crippen molar-refractivity contribution in [2.75, 3.05) is 26.9 Å². The number of fused-ring (bicyclic) bond motifs is 1. The van der Waals surface area contributed by atoms with E-state index < -0.39 is 17.6 Å². The van der Waals surface area contributed by atoms with E-state index in [-0.39, 0.29) is 35.7 Å². The summed E-state index contributed by atoms with van der Waals surface area (Å²) in [5, 5.41) is 2.97. The highest BCUT2D eigenvalue weighted by atomic mass is 16.6. The second-order valence-electron chi connectivity index (χ2n) is 14.3. The number of ether oxygens (including phenoxy) is 3. The smallest absolute Gasteiger partial charge is 0.408 e.